The van der Waals surface area contributed by atoms with Gasteiger partial charge in [0.05, 0.1) is 7.11 Å². The van der Waals surface area contributed by atoms with E-state index in [1.165, 1.54) is 24.8 Å². The fourth-order valence-corrected chi connectivity index (χ4v) is 5.33. The van der Waals surface area contributed by atoms with E-state index in [9.17, 15) is 0 Å². The van der Waals surface area contributed by atoms with Crippen LogP contribution in [0.4, 0.5) is 0 Å². The average molecular weight is 351 g/mol. The second kappa shape index (κ2) is 5.61. The zero-order valence-electron chi connectivity index (χ0n) is 13.7. The van der Waals surface area contributed by atoms with Crippen LogP contribution in [-0.2, 0) is 6.42 Å². The van der Waals surface area contributed by atoms with Crippen molar-refractivity contribution in [1.29, 1.82) is 0 Å². The maximum absolute atomic E-state index is 5.51. The fourth-order valence-electron chi connectivity index (χ4n) is 4.92. The lowest BCUT2D eigenvalue weighted by atomic mass is 9.43. The zero-order valence-corrected chi connectivity index (χ0v) is 15.2. The molecule has 0 heterocycles. The van der Waals surface area contributed by atoms with Crippen molar-refractivity contribution >= 4 is 15.9 Å². The third kappa shape index (κ3) is 2.65. The van der Waals surface area contributed by atoms with Gasteiger partial charge in [0.2, 0.25) is 0 Å². The average Bonchev–Trinajstić information content (AvgIpc) is 2.45. The molecule has 1 aromatic rings. The van der Waals surface area contributed by atoms with Crippen molar-refractivity contribution in [2.45, 2.75) is 46.5 Å². The van der Waals surface area contributed by atoms with Gasteiger partial charge in [-0.05, 0) is 78.5 Å². The molecule has 21 heavy (non-hydrogen) atoms. The SMILES string of the molecule is COc1ccc(Br)cc1CC[C@@H]1C[C@@H]2C[C@H]([C@H]1C)C2(C)C. The molecule has 3 fully saturated rings. The van der Waals surface area contributed by atoms with Gasteiger partial charge in [-0.2, -0.15) is 0 Å². The summed E-state index contributed by atoms with van der Waals surface area (Å²) in [5.41, 5.74) is 1.95. The third-order valence-corrected chi connectivity index (χ3v) is 7.03. The number of fused-ring (bicyclic) bond motifs is 2. The molecule has 0 radical (unpaired) electrons. The van der Waals surface area contributed by atoms with E-state index in [-0.39, 0.29) is 0 Å². The summed E-state index contributed by atoms with van der Waals surface area (Å²) in [6.45, 7) is 7.45. The first kappa shape index (κ1) is 15.4. The molecule has 0 aliphatic heterocycles. The first-order chi connectivity index (χ1) is 9.93. The zero-order chi connectivity index (χ0) is 15.2. The van der Waals surface area contributed by atoms with Gasteiger partial charge in [0.25, 0.3) is 0 Å². The van der Waals surface area contributed by atoms with E-state index in [1.54, 1.807) is 7.11 Å². The number of hydrogen-bond acceptors (Lipinski definition) is 1. The highest BCUT2D eigenvalue weighted by atomic mass is 79.9. The molecule has 2 bridgehead atoms. The lowest BCUT2D eigenvalue weighted by Crippen LogP contribution is -2.54. The van der Waals surface area contributed by atoms with Crippen LogP contribution in [0, 0.1) is 29.1 Å². The van der Waals surface area contributed by atoms with Crippen LogP contribution in [0.25, 0.3) is 0 Å². The number of benzene rings is 1. The van der Waals surface area contributed by atoms with Crippen LogP contribution < -0.4 is 4.74 Å². The van der Waals surface area contributed by atoms with E-state index in [4.69, 9.17) is 4.74 Å². The smallest absolute Gasteiger partial charge is 0.122 e. The van der Waals surface area contributed by atoms with Gasteiger partial charge < -0.3 is 4.74 Å². The number of rotatable bonds is 4. The van der Waals surface area contributed by atoms with Crippen LogP contribution in [0.2, 0.25) is 0 Å². The number of hydrogen-bond donors (Lipinski definition) is 0. The standard InChI is InChI=1S/C19H27BrO/c1-12-13(9-15-11-17(12)19(15,2)3)5-6-14-10-16(20)7-8-18(14)21-4/h7-8,10,12-13,15,17H,5-6,9,11H2,1-4H3/t12-,13+,15+,17+/m0/s1. The minimum atomic E-state index is 0.601. The van der Waals surface area contributed by atoms with Crippen molar-refractivity contribution in [2.24, 2.45) is 29.1 Å². The number of ether oxygens (including phenoxy) is 1. The van der Waals surface area contributed by atoms with Crippen LogP contribution in [-0.4, -0.2) is 7.11 Å². The first-order valence-corrected chi connectivity index (χ1v) is 9.05. The van der Waals surface area contributed by atoms with Crippen LogP contribution in [0.5, 0.6) is 5.75 Å². The summed E-state index contributed by atoms with van der Waals surface area (Å²) in [6, 6.07) is 6.35. The van der Waals surface area contributed by atoms with Gasteiger partial charge in [-0.1, -0.05) is 36.7 Å². The maximum atomic E-state index is 5.51. The molecular formula is C19H27BrO. The molecule has 0 aromatic heterocycles. The van der Waals surface area contributed by atoms with E-state index in [2.05, 4.69) is 54.9 Å². The highest BCUT2D eigenvalue weighted by Crippen LogP contribution is 2.63. The van der Waals surface area contributed by atoms with Gasteiger partial charge in [0.15, 0.2) is 0 Å². The summed E-state index contributed by atoms with van der Waals surface area (Å²) in [4.78, 5) is 0. The van der Waals surface area contributed by atoms with Crippen LogP contribution in [0.15, 0.2) is 22.7 Å². The first-order valence-electron chi connectivity index (χ1n) is 8.26. The van der Waals surface area contributed by atoms with E-state index >= 15 is 0 Å². The van der Waals surface area contributed by atoms with Gasteiger partial charge in [-0.25, -0.2) is 0 Å². The van der Waals surface area contributed by atoms with Crippen LogP contribution >= 0.6 is 15.9 Å². The van der Waals surface area contributed by atoms with Gasteiger partial charge in [-0.15, -0.1) is 0 Å². The lowest BCUT2D eigenvalue weighted by Gasteiger charge is -2.62. The molecule has 3 aliphatic carbocycles. The monoisotopic (exact) mass is 350 g/mol. The Bertz CT molecular complexity index is 522. The van der Waals surface area contributed by atoms with Gasteiger partial charge >= 0.3 is 0 Å². The molecule has 1 aromatic carbocycles. The largest absolute Gasteiger partial charge is 0.496 e. The van der Waals surface area contributed by atoms with E-state index < -0.39 is 0 Å². The van der Waals surface area contributed by atoms with Gasteiger partial charge in [0, 0.05) is 4.47 Å². The van der Waals surface area contributed by atoms with Crippen LogP contribution in [0.1, 0.15) is 45.6 Å². The highest BCUT2D eigenvalue weighted by molar-refractivity contribution is 9.10. The van der Waals surface area contributed by atoms with E-state index in [0.717, 1.165) is 40.3 Å². The van der Waals surface area contributed by atoms with Crippen molar-refractivity contribution in [3.63, 3.8) is 0 Å². The molecule has 1 nitrogen and oxygen atoms in total. The molecular weight excluding hydrogens is 324 g/mol. The summed E-state index contributed by atoms with van der Waals surface area (Å²) in [7, 11) is 1.77. The summed E-state index contributed by atoms with van der Waals surface area (Å²) in [5.74, 6) is 4.72. The molecule has 0 saturated heterocycles. The molecule has 116 valence electrons. The van der Waals surface area contributed by atoms with Crippen LogP contribution in [0.3, 0.4) is 0 Å². The lowest BCUT2D eigenvalue weighted by molar-refractivity contribution is -0.129. The predicted octanol–water partition coefficient (Wildman–Crippen LogP) is 5.71. The van der Waals surface area contributed by atoms with Gasteiger partial charge in [0.1, 0.15) is 5.75 Å². The molecule has 2 heteroatoms. The minimum Gasteiger partial charge on any atom is -0.496 e. The summed E-state index contributed by atoms with van der Waals surface area (Å²) >= 11 is 3.58. The second-order valence-corrected chi connectivity index (χ2v) is 8.63. The van der Waals surface area contributed by atoms with Gasteiger partial charge in [-0.3, -0.25) is 0 Å². The van der Waals surface area contributed by atoms with E-state index in [1.807, 2.05) is 0 Å². The number of halogens is 1. The maximum Gasteiger partial charge on any atom is 0.122 e. The molecule has 3 aliphatic rings. The summed E-state index contributed by atoms with van der Waals surface area (Å²) in [6.07, 6.45) is 5.35. The normalized spacial score (nSPS) is 33.4. The number of methoxy groups -OCH3 is 1. The van der Waals surface area contributed by atoms with E-state index in [0.29, 0.717) is 5.41 Å². The summed E-state index contributed by atoms with van der Waals surface area (Å²) in [5, 5.41) is 0. The van der Waals surface area contributed by atoms with Crippen molar-refractivity contribution < 1.29 is 4.74 Å². The topological polar surface area (TPSA) is 9.23 Å². The Morgan fingerprint density at radius 1 is 1.29 bits per heavy atom. The Morgan fingerprint density at radius 2 is 2.05 bits per heavy atom. The Kier molecular flexibility index (Phi) is 4.11. The van der Waals surface area contributed by atoms with Crippen molar-refractivity contribution in [3.8, 4) is 5.75 Å². The molecule has 0 unspecified atom stereocenters. The van der Waals surface area contributed by atoms with Crippen molar-refractivity contribution in [3.05, 3.63) is 28.2 Å². The Morgan fingerprint density at radius 3 is 2.67 bits per heavy atom. The Hall–Kier alpha value is -0.500. The molecule has 4 atom stereocenters. The number of aryl methyl sites for hydroxylation is 1. The minimum absolute atomic E-state index is 0.601. The Labute approximate surface area is 137 Å². The molecule has 0 amide bonds. The fraction of sp³-hybridized carbons (Fsp3) is 0.684. The molecule has 3 saturated carbocycles. The highest BCUT2D eigenvalue weighted by Gasteiger charge is 2.55. The molecule has 0 N–H and O–H groups in total. The quantitative estimate of drug-likeness (QED) is 0.675. The van der Waals surface area contributed by atoms with Crippen molar-refractivity contribution in [1.82, 2.24) is 0 Å². The molecule has 0 spiro atoms. The molecule has 4 rings (SSSR count). The van der Waals surface area contributed by atoms with Crippen molar-refractivity contribution in [2.75, 3.05) is 7.11 Å². The third-order valence-electron chi connectivity index (χ3n) is 6.54. The Balaban J connectivity index is 1.65. The predicted molar refractivity (Wildman–Crippen MR) is 91.7 cm³/mol. The summed E-state index contributed by atoms with van der Waals surface area (Å²) < 4.78 is 6.66. The second-order valence-electron chi connectivity index (χ2n) is 7.71.